The molecule has 5 heteroatoms. The number of carbonyl (C=O) groups is 1. The molecular formula is C11H15ClN2O2. The highest BCUT2D eigenvalue weighted by atomic mass is 35.5. The first-order valence-corrected chi connectivity index (χ1v) is 5.84. The van der Waals surface area contributed by atoms with Gasteiger partial charge in [0.2, 0.25) is 0 Å². The van der Waals surface area contributed by atoms with E-state index in [1.54, 1.807) is 12.1 Å². The lowest BCUT2D eigenvalue weighted by Crippen LogP contribution is -2.51. The van der Waals surface area contributed by atoms with Crippen LogP contribution in [0.3, 0.4) is 0 Å². The fourth-order valence-corrected chi connectivity index (χ4v) is 2.06. The van der Waals surface area contributed by atoms with Gasteiger partial charge in [0.1, 0.15) is 0 Å². The van der Waals surface area contributed by atoms with Crippen LogP contribution in [0.5, 0.6) is 0 Å². The van der Waals surface area contributed by atoms with Crippen LogP contribution < -0.4 is 10.6 Å². The van der Waals surface area contributed by atoms with Gasteiger partial charge in [0, 0.05) is 12.1 Å². The minimum atomic E-state index is -0.201. The van der Waals surface area contributed by atoms with Gasteiger partial charge in [-0.3, -0.25) is 4.79 Å². The van der Waals surface area contributed by atoms with Crippen molar-refractivity contribution in [2.75, 3.05) is 6.54 Å². The first-order valence-electron chi connectivity index (χ1n) is 5.46. The summed E-state index contributed by atoms with van der Waals surface area (Å²) in [6.45, 7) is 3.08. The van der Waals surface area contributed by atoms with Gasteiger partial charge >= 0.3 is 0 Å². The van der Waals surface area contributed by atoms with Crippen LogP contribution in [0.15, 0.2) is 16.5 Å². The third kappa shape index (κ3) is 2.57. The molecule has 0 aromatic carbocycles. The van der Waals surface area contributed by atoms with Gasteiger partial charge in [-0.05, 0) is 50.0 Å². The number of hydrogen-bond donors (Lipinski definition) is 2. The highest BCUT2D eigenvalue weighted by Crippen LogP contribution is 2.14. The average molecular weight is 243 g/mol. The Morgan fingerprint density at radius 1 is 1.62 bits per heavy atom. The maximum absolute atomic E-state index is 11.8. The van der Waals surface area contributed by atoms with Gasteiger partial charge in [-0.2, -0.15) is 0 Å². The molecule has 0 saturated carbocycles. The molecule has 88 valence electrons. The zero-order valence-electron chi connectivity index (χ0n) is 9.13. The van der Waals surface area contributed by atoms with Crippen LogP contribution in [0, 0.1) is 0 Å². The summed E-state index contributed by atoms with van der Waals surface area (Å²) in [5.74, 6) is 0.0650. The van der Waals surface area contributed by atoms with E-state index in [0.717, 1.165) is 19.4 Å². The van der Waals surface area contributed by atoms with Gasteiger partial charge in [0.05, 0.1) is 0 Å². The number of piperidine rings is 1. The summed E-state index contributed by atoms with van der Waals surface area (Å²) < 4.78 is 5.06. The monoisotopic (exact) mass is 242 g/mol. The molecule has 2 atom stereocenters. The summed E-state index contributed by atoms with van der Waals surface area (Å²) in [5, 5.41) is 6.50. The minimum absolute atomic E-state index is 0.158. The zero-order chi connectivity index (χ0) is 11.5. The highest BCUT2D eigenvalue weighted by molar-refractivity contribution is 6.29. The van der Waals surface area contributed by atoms with Crippen LogP contribution in [0.4, 0.5) is 0 Å². The van der Waals surface area contributed by atoms with Crippen LogP contribution in [0.2, 0.25) is 5.22 Å². The lowest BCUT2D eigenvalue weighted by atomic mass is 10.00. The summed E-state index contributed by atoms with van der Waals surface area (Å²) in [6, 6.07) is 3.60. The standard InChI is InChI=1S/C11H15ClN2O2/c1-7-8(3-2-6-13-7)14-11(15)9-4-5-10(12)16-9/h4-5,7-8,13H,2-3,6H2,1H3,(H,14,15). The van der Waals surface area contributed by atoms with Gasteiger partial charge in [-0.25, -0.2) is 0 Å². The Hall–Kier alpha value is -1.00. The number of carbonyl (C=O) groups excluding carboxylic acids is 1. The fourth-order valence-electron chi connectivity index (χ4n) is 1.92. The minimum Gasteiger partial charge on any atom is -0.440 e. The van der Waals surface area contributed by atoms with E-state index in [1.807, 2.05) is 0 Å². The van der Waals surface area contributed by atoms with Gasteiger partial charge in [0.25, 0.3) is 5.91 Å². The number of rotatable bonds is 2. The number of hydrogen-bond acceptors (Lipinski definition) is 3. The first kappa shape index (κ1) is 11.5. The summed E-state index contributed by atoms with van der Waals surface area (Å²) in [5.41, 5.74) is 0. The molecule has 1 fully saturated rings. The normalized spacial score (nSPS) is 25.4. The molecule has 2 heterocycles. The van der Waals surface area contributed by atoms with Crippen molar-refractivity contribution in [2.24, 2.45) is 0 Å². The second kappa shape index (κ2) is 4.89. The highest BCUT2D eigenvalue weighted by Gasteiger charge is 2.23. The third-order valence-corrected chi connectivity index (χ3v) is 3.08. The second-order valence-corrected chi connectivity index (χ2v) is 4.44. The Morgan fingerprint density at radius 3 is 3.06 bits per heavy atom. The Labute approximate surface area is 99.3 Å². The lowest BCUT2D eigenvalue weighted by molar-refractivity contribution is 0.0892. The molecular weight excluding hydrogens is 228 g/mol. The van der Waals surface area contributed by atoms with Crippen molar-refractivity contribution >= 4 is 17.5 Å². The molecule has 2 rings (SSSR count). The van der Waals surface area contributed by atoms with Crippen molar-refractivity contribution in [1.82, 2.24) is 10.6 Å². The quantitative estimate of drug-likeness (QED) is 0.832. The topological polar surface area (TPSA) is 54.3 Å². The molecule has 4 nitrogen and oxygen atoms in total. The fraction of sp³-hybridized carbons (Fsp3) is 0.545. The Balaban J connectivity index is 1.96. The maximum Gasteiger partial charge on any atom is 0.287 e. The molecule has 0 spiro atoms. The Bertz CT molecular complexity index is 378. The van der Waals surface area contributed by atoms with Crippen molar-refractivity contribution < 1.29 is 9.21 Å². The van der Waals surface area contributed by atoms with Gasteiger partial charge < -0.3 is 15.1 Å². The number of nitrogens with one attached hydrogen (secondary N) is 2. The van der Waals surface area contributed by atoms with Crippen LogP contribution in [-0.4, -0.2) is 24.5 Å². The molecule has 2 N–H and O–H groups in total. The molecule has 0 aliphatic carbocycles. The smallest absolute Gasteiger partial charge is 0.287 e. The van der Waals surface area contributed by atoms with E-state index < -0.39 is 0 Å². The molecule has 1 amide bonds. The van der Waals surface area contributed by atoms with Crippen LogP contribution in [-0.2, 0) is 0 Å². The van der Waals surface area contributed by atoms with E-state index in [-0.39, 0.29) is 22.9 Å². The van der Waals surface area contributed by atoms with E-state index >= 15 is 0 Å². The molecule has 1 aromatic heterocycles. The van der Waals surface area contributed by atoms with Gasteiger partial charge in [-0.1, -0.05) is 0 Å². The average Bonchev–Trinajstić information content (AvgIpc) is 2.68. The predicted octanol–water partition coefficient (Wildman–Crippen LogP) is 1.80. The van der Waals surface area contributed by atoms with Crippen LogP contribution in [0.25, 0.3) is 0 Å². The van der Waals surface area contributed by atoms with E-state index in [9.17, 15) is 4.79 Å². The summed E-state index contributed by atoms with van der Waals surface area (Å²) in [4.78, 5) is 11.8. The molecule has 0 radical (unpaired) electrons. The SMILES string of the molecule is CC1NCCCC1NC(=O)c1ccc(Cl)o1. The predicted molar refractivity (Wildman–Crippen MR) is 61.7 cm³/mol. The summed E-state index contributed by atoms with van der Waals surface area (Å²) >= 11 is 5.62. The van der Waals surface area contributed by atoms with Crippen LogP contribution >= 0.6 is 11.6 Å². The zero-order valence-corrected chi connectivity index (χ0v) is 9.88. The molecule has 0 bridgehead atoms. The largest absolute Gasteiger partial charge is 0.440 e. The van der Waals surface area contributed by atoms with Crippen molar-refractivity contribution in [3.8, 4) is 0 Å². The Morgan fingerprint density at radius 2 is 2.44 bits per heavy atom. The molecule has 1 aliphatic heterocycles. The van der Waals surface area contributed by atoms with Crippen molar-refractivity contribution in [2.45, 2.75) is 31.8 Å². The van der Waals surface area contributed by atoms with Crippen molar-refractivity contribution in [3.63, 3.8) is 0 Å². The van der Waals surface area contributed by atoms with Crippen LogP contribution in [0.1, 0.15) is 30.3 Å². The van der Waals surface area contributed by atoms with E-state index in [2.05, 4.69) is 17.6 Å². The summed E-state index contributed by atoms with van der Waals surface area (Å²) in [7, 11) is 0. The molecule has 2 unspecified atom stereocenters. The first-order chi connectivity index (χ1) is 7.66. The third-order valence-electron chi connectivity index (χ3n) is 2.88. The molecule has 1 saturated heterocycles. The van der Waals surface area contributed by atoms with Gasteiger partial charge in [-0.15, -0.1) is 0 Å². The van der Waals surface area contributed by atoms with E-state index in [0.29, 0.717) is 6.04 Å². The Kier molecular flexibility index (Phi) is 3.51. The molecule has 1 aromatic rings. The van der Waals surface area contributed by atoms with Gasteiger partial charge in [0.15, 0.2) is 11.0 Å². The maximum atomic E-state index is 11.8. The lowest BCUT2D eigenvalue weighted by Gasteiger charge is -2.30. The van der Waals surface area contributed by atoms with Crippen molar-refractivity contribution in [1.29, 1.82) is 0 Å². The second-order valence-electron chi connectivity index (χ2n) is 4.07. The van der Waals surface area contributed by atoms with E-state index in [4.69, 9.17) is 16.0 Å². The van der Waals surface area contributed by atoms with E-state index in [1.165, 1.54) is 0 Å². The van der Waals surface area contributed by atoms with Crippen molar-refractivity contribution in [3.05, 3.63) is 23.1 Å². The summed E-state index contributed by atoms with van der Waals surface area (Å²) in [6.07, 6.45) is 2.07. The number of furan rings is 1. The number of halogens is 1. The molecule has 16 heavy (non-hydrogen) atoms. The molecule has 1 aliphatic rings. The number of amides is 1.